The van der Waals surface area contributed by atoms with E-state index in [0.29, 0.717) is 12.8 Å². The van der Waals surface area contributed by atoms with E-state index in [1.807, 2.05) is 12.1 Å². The van der Waals surface area contributed by atoms with Gasteiger partial charge in [0.15, 0.2) is 0 Å². The summed E-state index contributed by atoms with van der Waals surface area (Å²) in [7, 11) is -3.63. The van der Waals surface area contributed by atoms with E-state index in [-0.39, 0.29) is 18.4 Å². The Bertz CT molecular complexity index is 765. The van der Waals surface area contributed by atoms with Crippen molar-refractivity contribution in [1.82, 2.24) is 9.44 Å². The standard InChI is InChI=1S/C16H19F3N2O2S/c17-16(18,19)8-13-12-4-2-1-3-10(12)7-11-5-6-14(13)15(11)9-20-24(22,23)21-15/h1-4,11,13-14,20-21H,5-9H2. The Balaban J connectivity index is 1.83. The van der Waals surface area contributed by atoms with Crippen LogP contribution in [-0.4, -0.2) is 26.7 Å². The highest BCUT2D eigenvalue weighted by Crippen LogP contribution is 2.55. The van der Waals surface area contributed by atoms with Crippen molar-refractivity contribution in [3.8, 4) is 0 Å². The summed E-state index contributed by atoms with van der Waals surface area (Å²) >= 11 is 0. The van der Waals surface area contributed by atoms with Crippen LogP contribution in [0, 0.1) is 11.8 Å². The molecule has 1 aromatic carbocycles. The van der Waals surface area contributed by atoms with Crippen molar-refractivity contribution in [2.75, 3.05) is 6.54 Å². The Morgan fingerprint density at radius 2 is 1.96 bits per heavy atom. The Hall–Kier alpha value is -1.12. The first kappa shape index (κ1) is 16.4. The lowest BCUT2D eigenvalue weighted by Gasteiger charge is -2.37. The Morgan fingerprint density at radius 3 is 2.62 bits per heavy atom. The molecule has 0 amide bonds. The topological polar surface area (TPSA) is 58.2 Å². The molecular weight excluding hydrogens is 341 g/mol. The molecule has 3 aliphatic rings. The van der Waals surface area contributed by atoms with Crippen molar-refractivity contribution in [2.24, 2.45) is 11.8 Å². The lowest BCUT2D eigenvalue weighted by molar-refractivity contribution is -0.142. The van der Waals surface area contributed by atoms with Gasteiger partial charge in [-0.05, 0) is 48.1 Å². The fourth-order valence-electron chi connectivity index (χ4n) is 5.08. The normalized spacial score (nSPS) is 37.4. The summed E-state index contributed by atoms with van der Waals surface area (Å²) in [6.07, 6.45) is -3.22. The zero-order valence-electron chi connectivity index (χ0n) is 12.9. The van der Waals surface area contributed by atoms with Crippen molar-refractivity contribution in [3.63, 3.8) is 0 Å². The average molecular weight is 360 g/mol. The predicted octanol–water partition coefficient (Wildman–Crippen LogP) is 2.48. The molecule has 2 aliphatic carbocycles. The molecular formula is C16H19F3N2O2S. The van der Waals surface area contributed by atoms with Gasteiger partial charge in [-0.25, -0.2) is 4.72 Å². The first-order valence-electron chi connectivity index (χ1n) is 8.13. The largest absolute Gasteiger partial charge is 0.389 e. The molecule has 1 heterocycles. The molecule has 1 saturated carbocycles. The lowest BCUT2D eigenvalue weighted by atomic mass is 9.73. The summed E-state index contributed by atoms with van der Waals surface area (Å²) in [5, 5.41) is 0. The SMILES string of the molecule is O=S1(=O)NCC2(N1)C1CCC2C(CC(F)(F)F)c2ccccc2C1. The van der Waals surface area contributed by atoms with Gasteiger partial charge in [-0.3, -0.25) is 0 Å². The second-order valence-corrected chi connectivity index (χ2v) is 8.68. The number of halogens is 3. The lowest BCUT2D eigenvalue weighted by Crippen LogP contribution is -2.53. The third kappa shape index (κ3) is 2.55. The summed E-state index contributed by atoms with van der Waals surface area (Å²) in [6.45, 7) is 0.174. The number of alkyl halides is 3. The minimum atomic E-state index is -4.29. The van der Waals surface area contributed by atoms with Crippen molar-refractivity contribution in [3.05, 3.63) is 35.4 Å². The summed E-state index contributed by atoms with van der Waals surface area (Å²) in [4.78, 5) is 0. The molecule has 1 spiro atoms. The third-order valence-electron chi connectivity index (χ3n) is 5.95. The van der Waals surface area contributed by atoms with E-state index in [1.54, 1.807) is 12.1 Å². The highest BCUT2D eigenvalue weighted by atomic mass is 32.2. The first-order chi connectivity index (χ1) is 11.2. The van der Waals surface area contributed by atoms with Gasteiger partial charge in [0.2, 0.25) is 0 Å². The molecule has 2 bridgehead atoms. The minimum absolute atomic E-state index is 0.0201. The van der Waals surface area contributed by atoms with Gasteiger partial charge in [0.25, 0.3) is 10.2 Å². The number of rotatable bonds is 1. The molecule has 0 aromatic heterocycles. The highest BCUT2D eigenvalue weighted by Gasteiger charge is 2.60. The van der Waals surface area contributed by atoms with Gasteiger partial charge in [0.05, 0.1) is 12.0 Å². The maximum Gasteiger partial charge on any atom is 0.389 e. The first-order valence-corrected chi connectivity index (χ1v) is 9.62. The minimum Gasteiger partial charge on any atom is -0.200 e. The van der Waals surface area contributed by atoms with Gasteiger partial charge < -0.3 is 0 Å². The zero-order chi connectivity index (χ0) is 17.2. The number of hydrogen-bond acceptors (Lipinski definition) is 2. The van der Waals surface area contributed by atoms with E-state index >= 15 is 0 Å². The average Bonchev–Trinajstić information content (AvgIpc) is 2.93. The molecule has 24 heavy (non-hydrogen) atoms. The van der Waals surface area contributed by atoms with E-state index in [0.717, 1.165) is 17.5 Å². The predicted molar refractivity (Wildman–Crippen MR) is 82.6 cm³/mol. The third-order valence-corrected chi connectivity index (χ3v) is 7.13. The summed E-state index contributed by atoms with van der Waals surface area (Å²) < 4.78 is 68.9. The highest BCUT2D eigenvalue weighted by molar-refractivity contribution is 7.87. The second kappa shape index (κ2) is 5.19. The van der Waals surface area contributed by atoms with Gasteiger partial charge >= 0.3 is 6.18 Å². The van der Waals surface area contributed by atoms with Crippen LogP contribution >= 0.6 is 0 Å². The quantitative estimate of drug-likeness (QED) is 0.808. The number of hydrogen-bond donors (Lipinski definition) is 2. The smallest absolute Gasteiger partial charge is 0.200 e. The maximum atomic E-state index is 13.3. The summed E-state index contributed by atoms with van der Waals surface area (Å²) in [5.74, 6) is -1.04. The Morgan fingerprint density at radius 1 is 1.21 bits per heavy atom. The van der Waals surface area contributed by atoms with Crippen LogP contribution in [0.5, 0.6) is 0 Å². The van der Waals surface area contributed by atoms with E-state index in [2.05, 4.69) is 9.44 Å². The van der Waals surface area contributed by atoms with Crippen LogP contribution in [0.3, 0.4) is 0 Å². The van der Waals surface area contributed by atoms with Crippen molar-refractivity contribution >= 4 is 10.2 Å². The number of fused-ring (bicyclic) bond motifs is 1. The Labute approximate surface area is 139 Å². The zero-order valence-corrected chi connectivity index (χ0v) is 13.8. The molecule has 4 atom stereocenters. The fraction of sp³-hybridized carbons (Fsp3) is 0.625. The fourth-order valence-corrected chi connectivity index (χ4v) is 6.47. The monoisotopic (exact) mass is 360 g/mol. The van der Waals surface area contributed by atoms with Gasteiger partial charge in [-0.2, -0.15) is 26.3 Å². The van der Waals surface area contributed by atoms with Gasteiger partial charge in [0.1, 0.15) is 0 Å². The van der Waals surface area contributed by atoms with Crippen LogP contribution in [0.2, 0.25) is 0 Å². The van der Waals surface area contributed by atoms with E-state index in [1.165, 1.54) is 0 Å². The van der Waals surface area contributed by atoms with Gasteiger partial charge in [0, 0.05) is 6.54 Å². The molecule has 132 valence electrons. The van der Waals surface area contributed by atoms with E-state index in [9.17, 15) is 21.6 Å². The van der Waals surface area contributed by atoms with Crippen LogP contribution in [0.4, 0.5) is 13.2 Å². The number of nitrogens with one attached hydrogen (secondary N) is 2. The molecule has 4 rings (SSSR count). The van der Waals surface area contributed by atoms with E-state index < -0.39 is 34.3 Å². The summed E-state index contributed by atoms with van der Waals surface area (Å²) in [5.41, 5.74) is 0.838. The maximum absolute atomic E-state index is 13.3. The molecule has 1 aliphatic heterocycles. The molecule has 2 N–H and O–H groups in total. The van der Waals surface area contributed by atoms with Crippen LogP contribution < -0.4 is 9.44 Å². The van der Waals surface area contributed by atoms with Gasteiger partial charge in [-0.15, -0.1) is 0 Å². The molecule has 1 saturated heterocycles. The van der Waals surface area contributed by atoms with Crippen molar-refractivity contribution in [1.29, 1.82) is 0 Å². The molecule has 4 nitrogen and oxygen atoms in total. The van der Waals surface area contributed by atoms with Crippen LogP contribution in [0.15, 0.2) is 24.3 Å². The number of benzene rings is 1. The summed E-state index contributed by atoms with van der Waals surface area (Å²) in [6, 6.07) is 7.26. The van der Waals surface area contributed by atoms with E-state index in [4.69, 9.17) is 0 Å². The van der Waals surface area contributed by atoms with Crippen LogP contribution in [0.25, 0.3) is 0 Å². The van der Waals surface area contributed by atoms with Crippen molar-refractivity contribution in [2.45, 2.75) is 43.3 Å². The molecule has 4 unspecified atom stereocenters. The molecule has 1 aromatic rings. The van der Waals surface area contributed by atoms with Crippen LogP contribution in [0.1, 0.15) is 36.3 Å². The molecule has 2 fully saturated rings. The van der Waals surface area contributed by atoms with Crippen LogP contribution in [-0.2, 0) is 16.6 Å². The van der Waals surface area contributed by atoms with Gasteiger partial charge in [-0.1, -0.05) is 24.3 Å². The Kier molecular flexibility index (Phi) is 3.54. The molecule has 0 radical (unpaired) electrons. The second-order valence-electron chi connectivity index (χ2n) is 7.18. The molecule has 8 heteroatoms. The van der Waals surface area contributed by atoms with Crippen molar-refractivity contribution < 1.29 is 21.6 Å².